The van der Waals surface area contributed by atoms with Crippen molar-refractivity contribution in [3.63, 3.8) is 0 Å². The molecule has 0 aliphatic rings. The number of aryl methyl sites for hydroxylation is 1. The van der Waals surface area contributed by atoms with E-state index < -0.39 is 10.6 Å². The predicted molar refractivity (Wildman–Crippen MR) is 71.7 cm³/mol. The Morgan fingerprint density at radius 1 is 1.40 bits per heavy atom. The molecule has 0 saturated heterocycles. The lowest BCUT2D eigenvalue weighted by Crippen LogP contribution is -2.15. The third kappa shape index (κ3) is 3.22. The SMILES string of the molecule is Cc1n[nH]c(=O)nc1N/N=C/c1ccc([N+](=O)[O-])cc1. The summed E-state index contributed by atoms with van der Waals surface area (Å²) >= 11 is 0. The molecule has 0 fully saturated rings. The lowest BCUT2D eigenvalue weighted by atomic mass is 10.2. The summed E-state index contributed by atoms with van der Waals surface area (Å²) < 4.78 is 0. The van der Waals surface area contributed by atoms with E-state index in [2.05, 4.69) is 25.7 Å². The second-order valence-corrected chi connectivity index (χ2v) is 3.79. The number of H-pyrrole nitrogens is 1. The maximum atomic E-state index is 11.0. The van der Waals surface area contributed by atoms with Crippen LogP contribution in [0.2, 0.25) is 0 Å². The summed E-state index contributed by atoms with van der Waals surface area (Å²) in [6.07, 6.45) is 1.45. The molecule has 0 bridgehead atoms. The van der Waals surface area contributed by atoms with Gasteiger partial charge < -0.3 is 0 Å². The number of benzene rings is 1. The van der Waals surface area contributed by atoms with Gasteiger partial charge in [0.25, 0.3) is 5.69 Å². The number of anilines is 1. The number of hydrogen-bond acceptors (Lipinski definition) is 7. The fraction of sp³-hybridized carbons (Fsp3) is 0.0909. The van der Waals surface area contributed by atoms with Gasteiger partial charge in [0.1, 0.15) is 5.69 Å². The number of non-ortho nitro benzene ring substituents is 1. The number of aromatic amines is 1. The minimum absolute atomic E-state index is 0.00594. The highest BCUT2D eigenvalue weighted by atomic mass is 16.6. The molecule has 102 valence electrons. The first-order valence-electron chi connectivity index (χ1n) is 5.53. The van der Waals surface area contributed by atoms with Crippen molar-refractivity contribution in [1.29, 1.82) is 0 Å². The van der Waals surface area contributed by atoms with Gasteiger partial charge in [0, 0.05) is 12.1 Å². The van der Waals surface area contributed by atoms with Crippen LogP contribution in [0.4, 0.5) is 11.5 Å². The zero-order valence-electron chi connectivity index (χ0n) is 10.4. The Hall–Kier alpha value is -3.10. The van der Waals surface area contributed by atoms with Gasteiger partial charge in [-0.15, -0.1) is 0 Å². The number of aromatic nitrogens is 3. The number of hydrazone groups is 1. The van der Waals surface area contributed by atoms with Crippen LogP contribution in [0.15, 0.2) is 34.2 Å². The summed E-state index contributed by atoms with van der Waals surface area (Å²) in [5.41, 5.74) is 3.16. The Labute approximate surface area is 112 Å². The van der Waals surface area contributed by atoms with Crippen LogP contribution in [0.5, 0.6) is 0 Å². The van der Waals surface area contributed by atoms with E-state index in [1.165, 1.54) is 18.3 Å². The van der Waals surface area contributed by atoms with Crippen LogP contribution >= 0.6 is 0 Å². The van der Waals surface area contributed by atoms with Gasteiger partial charge >= 0.3 is 5.69 Å². The van der Waals surface area contributed by atoms with E-state index in [-0.39, 0.29) is 11.5 Å². The van der Waals surface area contributed by atoms with Crippen molar-refractivity contribution in [2.24, 2.45) is 5.10 Å². The lowest BCUT2D eigenvalue weighted by Gasteiger charge is -2.00. The molecule has 0 spiro atoms. The van der Waals surface area contributed by atoms with E-state index in [9.17, 15) is 14.9 Å². The Morgan fingerprint density at radius 3 is 2.75 bits per heavy atom. The molecule has 2 rings (SSSR count). The highest BCUT2D eigenvalue weighted by molar-refractivity contribution is 5.80. The van der Waals surface area contributed by atoms with E-state index in [4.69, 9.17) is 0 Å². The molecular weight excluding hydrogens is 264 g/mol. The zero-order valence-corrected chi connectivity index (χ0v) is 10.4. The largest absolute Gasteiger partial charge is 0.363 e. The van der Waals surface area contributed by atoms with Crippen LogP contribution in [0.1, 0.15) is 11.3 Å². The second kappa shape index (κ2) is 5.69. The van der Waals surface area contributed by atoms with Gasteiger partial charge in [-0.1, -0.05) is 0 Å². The highest BCUT2D eigenvalue weighted by Crippen LogP contribution is 2.10. The second-order valence-electron chi connectivity index (χ2n) is 3.79. The fourth-order valence-corrected chi connectivity index (χ4v) is 1.35. The van der Waals surface area contributed by atoms with Crippen molar-refractivity contribution in [2.45, 2.75) is 6.92 Å². The van der Waals surface area contributed by atoms with Crippen molar-refractivity contribution in [3.05, 3.63) is 56.1 Å². The Balaban J connectivity index is 2.08. The van der Waals surface area contributed by atoms with E-state index >= 15 is 0 Å². The Morgan fingerprint density at radius 2 is 2.10 bits per heavy atom. The molecule has 0 atom stereocenters. The first-order chi connectivity index (χ1) is 9.56. The maximum Gasteiger partial charge on any atom is 0.363 e. The molecule has 0 saturated carbocycles. The molecule has 1 heterocycles. The summed E-state index contributed by atoms with van der Waals surface area (Å²) in [7, 11) is 0. The van der Waals surface area contributed by atoms with Crippen molar-refractivity contribution in [2.75, 3.05) is 5.43 Å². The highest BCUT2D eigenvalue weighted by Gasteiger charge is 2.03. The van der Waals surface area contributed by atoms with Gasteiger partial charge in [0.15, 0.2) is 5.82 Å². The van der Waals surface area contributed by atoms with Gasteiger partial charge in [-0.25, -0.2) is 9.89 Å². The van der Waals surface area contributed by atoms with Crippen molar-refractivity contribution in [1.82, 2.24) is 15.2 Å². The summed E-state index contributed by atoms with van der Waals surface area (Å²) in [5, 5.41) is 20.3. The molecular formula is C11H10N6O3. The van der Waals surface area contributed by atoms with E-state index in [0.717, 1.165) is 0 Å². The molecule has 2 aromatic rings. The third-order valence-electron chi connectivity index (χ3n) is 2.36. The number of nitro groups is 1. The Kier molecular flexibility index (Phi) is 3.80. The monoisotopic (exact) mass is 274 g/mol. The van der Waals surface area contributed by atoms with Gasteiger partial charge in [-0.3, -0.25) is 15.5 Å². The summed E-state index contributed by atoms with van der Waals surface area (Å²) in [6, 6.07) is 5.86. The Bertz CT molecular complexity index is 707. The molecule has 0 aliphatic heterocycles. The molecule has 1 aromatic heterocycles. The summed E-state index contributed by atoms with van der Waals surface area (Å²) in [5.74, 6) is 0.243. The average molecular weight is 274 g/mol. The van der Waals surface area contributed by atoms with Crippen LogP contribution in [-0.2, 0) is 0 Å². The van der Waals surface area contributed by atoms with Crippen LogP contribution in [0.3, 0.4) is 0 Å². The van der Waals surface area contributed by atoms with Gasteiger partial charge in [0.2, 0.25) is 0 Å². The first kappa shape index (κ1) is 13.3. The minimum Gasteiger partial charge on any atom is -0.260 e. The summed E-state index contributed by atoms with van der Waals surface area (Å²) in [4.78, 5) is 24.7. The van der Waals surface area contributed by atoms with Crippen LogP contribution in [0, 0.1) is 17.0 Å². The first-order valence-corrected chi connectivity index (χ1v) is 5.53. The number of rotatable bonds is 4. The molecule has 9 heteroatoms. The number of nitro benzene ring substituents is 1. The molecule has 0 unspecified atom stereocenters. The fourth-order valence-electron chi connectivity index (χ4n) is 1.35. The minimum atomic E-state index is -0.580. The number of nitrogens with one attached hydrogen (secondary N) is 2. The van der Waals surface area contributed by atoms with Gasteiger partial charge in [-0.05, 0) is 24.6 Å². The average Bonchev–Trinajstić information content (AvgIpc) is 2.43. The topological polar surface area (TPSA) is 126 Å². The zero-order chi connectivity index (χ0) is 14.5. The maximum absolute atomic E-state index is 11.0. The van der Waals surface area contributed by atoms with E-state index in [1.54, 1.807) is 19.1 Å². The molecule has 1 aromatic carbocycles. The molecule has 0 radical (unpaired) electrons. The smallest absolute Gasteiger partial charge is 0.260 e. The predicted octanol–water partition coefficient (Wildman–Crippen LogP) is 0.828. The van der Waals surface area contributed by atoms with E-state index in [1.807, 2.05) is 0 Å². The summed E-state index contributed by atoms with van der Waals surface area (Å²) in [6.45, 7) is 1.66. The lowest BCUT2D eigenvalue weighted by molar-refractivity contribution is -0.384. The number of nitrogens with zero attached hydrogens (tertiary/aromatic N) is 4. The molecule has 2 N–H and O–H groups in total. The van der Waals surface area contributed by atoms with Crippen LogP contribution in [0.25, 0.3) is 0 Å². The van der Waals surface area contributed by atoms with Crippen molar-refractivity contribution < 1.29 is 4.92 Å². The molecule has 0 aliphatic carbocycles. The van der Waals surface area contributed by atoms with Crippen molar-refractivity contribution >= 4 is 17.7 Å². The molecule has 0 amide bonds. The molecule has 9 nitrogen and oxygen atoms in total. The normalized spacial score (nSPS) is 10.7. The van der Waals surface area contributed by atoms with Crippen LogP contribution in [-0.4, -0.2) is 26.3 Å². The molecule has 20 heavy (non-hydrogen) atoms. The van der Waals surface area contributed by atoms with E-state index in [0.29, 0.717) is 11.3 Å². The third-order valence-corrected chi connectivity index (χ3v) is 2.36. The van der Waals surface area contributed by atoms with Crippen LogP contribution < -0.4 is 11.1 Å². The standard InChI is InChI=1S/C11H10N6O3/c1-7-10(13-11(18)16-14-7)15-12-6-8-2-4-9(5-3-8)17(19)20/h2-6H,1H3,(H2,13,15,16,18)/b12-6+. The van der Waals surface area contributed by atoms with Gasteiger partial charge in [-0.2, -0.15) is 15.2 Å². The van der Waals surface area contributed by atoms with Gasteiger partial charge in [0.05, 0.1) is 11.1 Å². The quantitative estimate of drug-likeness (QED) is 0.483. The number of hydrogen-bond donors (Lipinski definition) is 2. The van der Waals surface area contributed by atoms with Crippen molar-refractivity contribution in [3.8, 4) is 0 Å².